The van der Waals surface area contributed by atoms with Crippen LogP contribution in [0.2, 0.25) is 5.02 Å². The molecule has 1 heterocycles. The molecule has 1 atom stereocenters. The highest BCUT2D eigenvalue weighted by molar-refractivity contribution is 6.31. The van der Waals surface area contributed by atoms with Crippen LogP contribution in [0.5, 0.6) is 5.75 Å². The van der Waals surface area contributed by atoms with E-state index in [2.05, 4.69) is 9.97 Å². The van der Waals surface area contributed by atoms with Gasteiger partial charge in [-0.3, -0.25) is 0 Å². The second-order valence-electron chi connectivity index (χ2n) is 6.51. The van der Waals surface area contributed by atoms with Gasteiger partial charge in [0, 0.05) is 17.7 Å². The number of hydrogen-bond acceptors (Lipinski definition) is 5. The van der Waals surface area contributed by atoms with Crippen LogP contribution in [-0.4, -0.2) is 41.6 Å². The second-order valence-corrected chi connectivity index (χ2v) is 6.89. The third-order valence-corrected chi connectivity index (χ3v) is 4.40. The lowest BCUT2D eigenvalue weighted by atomic mass is 10.0. The minimum Gasteiger partial charge on any atom is -0.489 e. The van der Waals surface area contributed by atoms with Crippen LogP contribution >= 0.6 is 11.6 Å². The number of aromatic nitrogens is 2. The smallest absolute Gasteiger partial charge is 0.152 e. The summed E-state index contributed by atoms with van der Waals surface area (Å²) in [6, 6.07) is 5.76. The van der Waals surface area contributed by atoms with Crippen molar-refractivity contribution >= 4 is 28.3 Å². The van der Waals surface area contributed by atoms with Gasteiger partial charge in [-0.05, 0) is 45.3 Å². The molecule has 0 spiro atoms. The molecule has 0 radical (unpaired) electrons. The minimum atomic E-state index is -0.857. The van der Waals surface area contributed by atoms with Crippen LogP contribution in [0.3, 0.4) is 0 Å². The van der Waals surface area contributed by atoms with E-state index in [0.717, 1.165) is 6.07 Å². The first-order chi connectivity index (χ1) is 12.8. The van der Waals surface area contributed by atoms with Crippen molar-refractivity contribution in [1.82, 2.24) is 14.9 Å². The van der Waals surface area contributed by atoms with Gasteiger partial charge >= 0.3 is 0 Å². The zero-order valence-electron chi connectivity index (χ0n) is 15.1. The van der Waals surface area contributed by atoms with E-state index in [0.29, 0.717) is 28.8 Å². The molecule has 2 N–H and O–H groups in total. The van der Waals surface area contributed by atoms with Crippen LogP contribution in [0.25, 0.3) is 22.0 Å². The zero-order chi connectivity index (χ0) is 19.7. The van der Waals surface area contributed by atoms with Gasteiger partial charge in [0.25, 0.3) is 0 Å². The molecule has 0 aliphatic rings. The Morgan fingerprint density at radius 2 is 1.85 bits per heavy atom. The lowest BCUT2D eigenvalue weighted by molar-refractivity contribution is 0.179. The van der Waals surface area contributed by atoms with Gasteiger partial charge in [-0.2, -0.15) is 0 Å². The van der Waals surface area contributed by atoms with Crippen molar-refractivity contribution < 1.29 is 13.5 Å². The van der Waals surface area contributed by atoms with Crippen LogP contribution in [0.4, 0.5) is 14.6 Å². The zero-order valence-corrected chi connectivity index (χ0v) is 15.9. The van der Waals surface area contributed by atoms with E-state index in [1.54, 1.807) is 12.1 Å². The van der Waals surface area contributed by atoms with E-state index < -0.39 is 16.7 Å². The summed E-state index contributed by atoms with van der Waals surface area (Å²) in [4.78, 5) is 10.3. The first kappa shape index (κ1) is 19.3. The standard InChI is InChI=1S/C19H19ClF2N4O/c1-10(8-26(2)3)27-14-7-5-12(18-15(14)19(23)25-9-24-18)11-4-6-13(21)16(20)17(11)22/h4-7,9-10H,8H2,1-3H3,(H2,23,24,25)/t10-/m1/s1. The first-order valence-electron chi connectivity index (χ1n) is 8.28. The molecule has 0 aliphatic carbocycles. The highest BCUT2D eigenvalue weighted by Crippen LogP contribution is 2.38. The van der Waals surface area contributed by atoms with Gasteiger partial charge in [0.05, 0.1) is 10.9 Å². The maximum Gasteiger partial charge on any atom is 0.152 e. The number of nitrogens with zero attached hydrogens (tertiary/aromatic N) is 3. The fourth-order valence-electron chi connectivity index (χ4n) is 2.99. The summed E-state index contributed by atoms with van der Waals surface area (Å²) in [5.74, 6) is -0.976. The van der Waals surface area contributed by atoms with Crippen molar-refractivity contribution in [2.24, 2.45) is 0 Å². The van der Waals surface area contributed by atoms with Gasteiger partial charge in [0.15, 0.2) is 5.82 Å². The van der Waals surface area contributed by atoms with Crippen molar-refractivity contribution in [3.63, 3.8) is 0 Å². The van der Waals surface area contributed by atoms with Crippen LogP contribution in [-0.2, 0) is 0 Å². The molecular formula is C19H19ClF2N4O. The molecule has 0 unspecified atom stereocenters. The molecule has 142 valence electrons. The minimum absolute atomic E-state index is 0.120. The molecule has 0 saturated heterocycles. The van der Waals surface area contributed by atoms with Gasteiger partial charge in [-0.15, -0.1) is 0 Å². The maximum atomic E-state index is 14.5. The Balaban J connectivity index is 2.17. The van der Waals surface area contributed by atoms with Crippen molar-refractivity contribution in [3.05, 3.63) is 47.2 Å². The van der Waals surface area contributed by atoms with Crippen LogP contribution in [0.1, 0.15) is 6.92 Å². The lowest BCUT2D eigenvalue weighted by Crippen LogP contribution is -2.28. The SMILES string of the molecule is C[C@H](CN(C)C)Oc1ccc(-c2ccc(F)c(Cl)c2F)c2ncnc(N)c12. The molecule has 0 bridgehead atoms. The summed E-state index contributed by atoms with van der Waals surface area (Å²) in [5, 5.41) is -0.0944. The fraction of sp³-hybridized carbons (Fsp3) is 0.263. The van der Waals surface area contributed by atoms with Crippen molar-refractivity contribution in [2.75, 3.05) is 26.4 Å². The van der Waals surface area contributed by atoms with Crippen molar-refractivity contribution in [1.29, 1.82) is 0 Å². The van der Waals surface area contributed by atoms with Gasteiger partial charge in [-0.1, -0.05) is 11.6 Å². The van der Waals surface area contributed by atoms with E-state index in [1.807, 2.05) is 25.9 Å². The Morgan fingerprint density at radius 1 is 1.15 bits per heavy atom. The van der Waals surface area contributed by atoms with Crippen LogP contribution in [0, 0.1) is 11.6 Å². The average Bonchev–Trinajstić information content (AvgIpc) is 2.60. The Kier molecular flexibility index (Phi) is 5.43. The monoisotopic (exact) mass is 392 g/mol. The lowest BCUT2D eigenvalue weighted by Gasteiger charge is -2.20. The number of nitrogens with two attached hydrogens (primary N) is 1. The number of halogens is 3. The summed E-state index contributed by atoms with van der Waals surface area (Å²) >= 11 is 5.73. The Labute approximate surface area is 160 Å². The molecular weight excluding hydrogens is 374 g/mol. The number of fused-ring (bicyclic) bond motifs is 1. The van der Waals surface area contributed by atoms with Crippen LogP contribution in [0.15, 0.2) is 30.6 Å². The molecule has 0 saturated carbocycles. The first-order valence-corrected chi connectivity index (χ1v) is 8.65. The topological polar surface area (TPSA) is 64.3 Å². The second kappa shape index (κ2) is 7.62. The summed E-state index contributed by atoms with van der Waals surface area (Å²) in [7, 11) is 3.89. The van der Waals surface area contributed by atoms with E-state index >= 15 is 0 Å². The predicted molar refractivity (Wildman–Crippen MR) is 103 cm³/mol. The Bertz CT molecular complexity index is 997. The number of nitrogen functional groups attached to an aromatic ring is 1. The predicted octanol–water partition coefficient (Wildman–Crippen LogP) is 4.14. The van der Waals surface area contributed by atoms with Crippen LogP contribution < -0.4 is 10.5 Å². The third-order valence-electron chi connectivity index (χ3n) is 4.06. The number of ether oxygens (including phenoxy) is 1. The average molecular weight is 393 g/mol. The summed E-state index contributed by atoms with van der Waals surface area (Å²) in [5.41, 5.74) is 7.00. The highest BCUT2D eigenvalue weighted by Gasteiger charge is 2.19. The largest absolute Gasteiger partial charge is 0.489 e. The molecule has 0 amide bonds. The quantitative estimate of drug-likeness (QED) is 0.661. The molecule has 2 aromatic carbocycles. The molecule has 1 aromatic heterocycles. The van der Waals surface area contributed by atoms with Gasteiger partial charge in [0.2, 0.25) is 0 Å². The summed E-state index contributed by atoms with van der Waals surface area (Å²) in [6.07, 6.45) is 1.17. The normalized spacial score (nSPS) is 12.6. The molecule has 3 aromatic rings. The summed E-state index contributed by atoms with van der Waals surface area (Å²) in [6.45, 7) is 2.62. The van der Waals surface area contributed by atoms with Gasteiger partial charge in [-0.25, -0.2) is 18.7 Å². The molecule has 0 aliphatic heterocycles. The highest BCUT2D eigenvalue weighted by atomic mass is 35.5. The molecule has 3 rings (SSSR count). The number of hydrogen-bond donors (Lipinski definition) is 1. The van der Waals surface area contributed by atoms with Gasteiger partial charge < -0.3 is 15.4 Å². The molecule has 5 nitrogen and oxygen atoms in total. The van der Waals surface area contributed by atoms with E-state index in [9.17, 15) is 8.78 Å². The number of rotatable bonds is 5. The fourth-order valence-corrected chi connectivity index (χ4v) is 3.15. The van der Waals surface area contributed by atoms with E-state index in [4.69, 9.17) is 22.1 Å². The Hall–Kier alpha value is -2.51. The van der Waals surface area contributed by atoms with Crippen molar-refractivity contribution in [3.8, 4) is 16.9 Å². The summed E-state index contributed by atoms with van der Waals surface area (Å²) < 4.78 is 34.1. The third kappa shape index (κ3) is 3.79. The molecule has 0 fully saturated rings. The number of benzene rings is 2. The Morgan fingerprint density at radius 3 is 2.56 bits per heavy atom. The van der Waals surface area contributed by atoms with E-state index in [-0.39, 0.29) is 17.5 Å². The van der Waals surface area contributed by atoms with E-state index in [1.165, 1.54) is 12.4 Å². The maximum absolute atomic E-state index is 14.5. The number of likely N-dealkylation sites (N-methyl/N-ethyl adjacent to an activating group) is 1. The molecule has 27 heavy (non-hydrogen) atoms. The molecule has 8 heteroatoms. The number of anilines is 1. The van der Waals surface area contributed by atoms with Gasteiger partial charge in [0.1, 0.15) is 34.8 Å². The van der Waals surface area contributed by atoms with Crippen molar-refractivity contribution in [2.45, 2.75) is 13.0 Å².